The lowest BCUT2D eigenvalue weighted by Crippen LogP contribution is -2.51. The van der Waals surface area contributed by atoms with Gasteiger partial charge in [-0.3, -0.25) is 4.90 Å². The highest BCUT2D eigenvalue weighted by Gasteiger charge is 2.40. The number of carbonyl (C=O) groups excluding carboxylic acids is 2. The molecule has 1 unspecified atom stereocenters. The number of amides is 2. The van der Waals surface area contributed by atoms with E-state index in [2.05, 4.69) is 0 Å². The zero-order valence-electron chi connectivity index (χ0n) is 12.2. The van der Waals surface area contributed by atoms with Gasteiger partial charge >= 0.3 is 12.0 Å². The molecule has 5 nitrogen and oxygen atoms in total. The quantitative estimate of drug-likeness (QED) is 0.748. The molecule has 1 aromatic rings. The standard InChI is InChI=1S/C16H15FN2O3/c1-18-9-12(17)13-7-10-5-3-4-6-11(10)8-14(15(20)22-2)19(13)16(18)21/h3-7,9,14H,8H2,1-2H3. The van der Waals surface area contributed by atoms with Crippen molar-refractivity contribution in [1.82, 2.24) is 9.80 Å². The molecule has 6 heteroatoms. The molecule has 114 valence electrons. The van der Waals surface area contributed by atoms with E-state index < -0.39 is 23.9 Å². The molecule has 2 aliphatic heterocycles. The number of hydrogen-bond acceptors (Lipinski definition) is 3. The fourth-order valence-corrected chi connectivity index (χ4v) is 2.75. The third-order valence-electron chi connectivity index (χ3n) is 3.86. The van der Waals surface area contributed by atoms with Crippen LogP contribution in [0, 0.1) is 0 Å². The number of allylic oxidation sites excluding steroid dienone is 1. The van der Waals surface area contributed by atoms with Gasteiger partial charge in [-0.05, 0) is 17.2 Å². The lowest BCUT2D eigenvalue weighted by molar-refractivity contribution is -0.145. The first-order valence-corrected chi connectivity index (χ1v) is 6.84. The number of ether oxygens (including phenoxy) is 1. The van der Waals surface area contributed by atoms with Crippen LogP contribution in [0.4, 0.5) is 9.18 Å². The molecule has 0 N–H and O–H groups in total. The fourth-order valence-electron chi connectivity index (χ4n) is 2.75. The van der Waals surface area contributed by atoms with E-state index >= 15 is 0 Å². The normalized spacial score (nSPS) is 20.5. The van der Waals surface area contributed by atoms with Gasteiger partial charge in [0.25, 0.3) is 0 Å². The molecule has 2 aliphatic rings. The fraction of sp³-hybridized carbons (Fsp3) is 0.250. The second kappa shape index (κ2) is 5.29. The van der Waals surface area contributed by atoms with Crippen LogP contribution in [-0.2, 0) is 16.0 Å². The Morgan fingerprint density at radius 1 is 1.36 bits per heavy atom. The first kappa shape index (κ1) is 14.3. The van der Waals surface area contributed by atoms with Crippen molar-refractivity contribution in [2.75, 3.05) is 14.2 Å². The van der Waals surface area contributed by atoms with Crippen LogP contribution >= 0.6 is 0 Å². The number of esters is 1. The van der Waals surface area contributed by atoms with Crippen LogP contribution in [0.2, 0.25) is 0 Å². The van der Waals surface area contributed by atoms with Gasteiger partial charge in [0.2, 0.25) is 0 Å². The Morgan fingerprint density at radius 3 is 2.82 bits per heavy atom. The monoisotopic (exact) mass is 302 g/mol. The largest absolute Gasteiger partial charge is 0.467 e. The zero-order valence-corrected chi connectivity index (χ0v) is 12.2. The van der Waals surface area contributed by atoms with E-state index in [0.717, 1.165) is 22.2 Å². The van der Waals surface area contributed by atoms with Gasteiger partial charge in [0.15, 0.2) is 5.83 Å². The van der Waals surface area contributed by atoms with Gasteiger partial charge in [-0.25, -0.2) is 14.0 Å². The Labute approximate surface area is 127 Å². The van der Waals surface area contributed by atoms with Crippen molar-refractivity contribution in [2.45, 2.75) is 12.5 Å². The molecule has 0 aliphatic carbocycles. The summed E-state index contributed by atoms with van der Waals surface area (Å²) in [5.74, 6) is -1.13. The van der Waals surface area contributed by atoms with Crippen LogP contribution in [0.5, 0.6) is 0 Å². The molecule has 0 radical (unpaired) electrons. The first-order valence-electron chi connectivity index (χ1n) is 6.84. The van der Waals surface area contributed by atoms with E-state index in [-0.39, 0.29) is 12.1 Å². The van der Waals surface area contributed by atoms with Gasteiger partial charge in [-0.15, -0.1) is 0 Å². The molecule has 0 spiro atoms. The van der Waals surface area contributed by atoms with E-state index in [4.69, 9.17) is 4.74 Å². The number of rotatable bonds is 1. The second-order valence-corrected chi connectivity index (χ2v) is 5.21. The molecule has 0 fully saturated rings. The molecule has 0 saturated heterocycles. The summed E-state index contributed by atoms with van der Waals surface area (Å²) in [5.41, 5.74) is 1.74. The van der Waals surface area contributed by atoms with Crippen LogP contribution in [0.1, 0.15) is 11.1 Å². The highest BCUT2D eigenvalue weighted by Crippen LogP contribution is 2.33. The minimum Gasteiger partial charge on any atom is -0.467 e. The Kier molecular flexibility index (Phi) is 3.44. The van der Waals surface area contributed by atoms with E-state index in [9.17, 15) is 14.0 Å². The van der Waals surface area contributed by atoms with Gasteiger partial charge in [0.1, 0.15) is 6.04 Å². The number of nitrogens with zero attached hydrogens (tertiary/aromatic N) is 2. The molecule has 0 bridgehead atoms. The van der Waals surface area contributed by atoms with Gasteiger partial charge in [-0.1, -0.05) is 24.3 Å². The van der Waals surface area contributed by atoms with Crippen LogP contribution in [-0.4, -0.2) is 42.0 Å². The maximum atomic E-state index is 14.4. The zero-order chi connectivity index (χ0) is 15.9. The van der Waals surface area contributed by atoms with Gasteiger partial charge < -0.3 is 9.64 Å². The molecule has 3 rings (SSSR count). The SMILES string of the molecule is COC(=O)C1Cc2ccccc2C=C2C(F)=CN(C)C(=O)N21. The summed E-state index contributed by atoms with van der Waals surface area (Å²) in [7, 11) is 2.71. The van der Waals surface area contributed by atoms with Crippen molar-refractivity contribution in [1.29, 1.82) is 0 Å². The van der Waals surface area contributed by atoms with Crippen LogP contribution in [0.25, 0.3) is 6.08 Å². The van der Waals surface area contributed by atoms with Gasteiger partial charge in [-0.2, -0.15) is 0 Å². The third kappa shape index (κ3) is 2.16. The number of methoxy groups -OCH3 is 1. The number of carbonyl (C=O) groups is 2. The molecular weight excluding hydrogens is 287 g/mol. The Morgan fingerprint density at radius 2 is 2.09 bits per heavy atom. The van der Waals surface area contributed by atoms with Crippen molar-refractivity contribution in [3.63, 3.8) is 0 Å². The van der Waals surface area contributed by atoms with E-state index in [1.807, 2.05) is 24.3 Å². The second-order valence-electron chi connectivity index (χ2n) is 5.21. The summed E-state index contributed by atoms with van der Waals surface area (Å²) in [6, 6.07) is 6.00. The Hall–Kier alpha value is -2.63. The summed E-state index contributed by atoms with van der Waals surface area (Å²) in [6.07, 6.45) is 2.98. The average Bonchev–Trinajstić information content (AvgIpc) is 2.69. The highest BCUT2D eigenvalue weighted by atomic mass is 19.1. The van der Waals surface area contributed by atoms with E-state index in [1.54, 1.807) is 6.08 Å². The minimum atomic E-state index is -0.894. The molecular formula is C16H15FN2O3. The van der Waals surface area contributed by atoms with Crippen LogP contribution < -0.4 is 0 Å². The smallest absolute Gasteiger partial charge is 0.329 e. The molecule has 2 amide bonds. The van der Waals surface area contributed by atoms with E-state index in [0.29, 0.717) is 0 Å². The predicted molar refractivity (Wildman–Crippen MR) is 78.1 cm³/mol. The maximum absolute atomic E-state index is 14.4. The number of hydrogen-bond donors (Lipinski definition) is 0. The molecule has 2 heterocycles. The lowest BCUT2D eigenvalue weighted by atomic mass is 10.0. The van der Waals surface area contributed by atoms with Crippen molar-refractivity contribution < 1.29 is 18.7 Å². The Balaban J connectivity index is 2.20. The minimum absolute atomic E-state index is 0.0865. The summed E-state index contributed by atoms with van der Waals surface area (Å²) in [4.78, 5) is 26.9. The van der Waals surface area contributed by atoms with Crippen molar-refractivity contribution in [3.05, 3.63) is 53.1 Å². The summed E-state index contributed by atoms with van der Waals surface area (Å²) >= 11 is 0. The molecule has 0 aromatic heterocycles. The third-order valence-corrected chi connectivity index (χ3v) is 3.86. The first-order chi connectivity index (χ1) is 10.5. The molecule has 22 heavy (non-hydrogen) atoms. The van der Waals surface area contributed by atoms with E-state index in [1.165, 1.54) is 19.1 Å². The lowest BCUT2D eigenvalue weighted by Gasteiger charge is -2.35. The Bertz CT molecular complexity index is 711. The van der Waals surface area contributed by atoms with Gasteiger partial charge in [0, 0.05) is 19.7 Å². The van der Waals surface area contributed by atoms with Crippen molar-refractivity contribution in [3.8, 4) is 0 Å². The maximum Gasteiger partial charge on any atom is 0.329 e. The summed E-state index contributed by atoms with van der Waals surface area (Å²) in [5, 5.41) is 0. The number of urea groups is 1. The number of fused-ring (bicyclic) bond motifs is 2. The highest BCUT2D eigenvalue weighted by molar-refractivity contribution is 5.89. The summed E-state index contributed by atoms with van der Waals surface area (Å²) < 4.78 is 19.2. The predicted octanol–water partition coefficient (Wildman–Crippen LogP) is 2.30. The molecule has 1 aromatic carbocycles. The van der Waals surface area contributed by atoms with Crippen molar-refractivity contribution >= 4 is 18.1 Å². The van der Waals surface area contributed by atoms with Crippen LogP contribution in [0.3, 0.4) is 0 Å². The average molecular weight is 302 g/mol. The number of halogens is 1. The molecule has 0 saturated carbocycles. The molecule has 1 atom stereocenters. The van der Waals surface area contributed by atoms with Crippen LogP contribution in [0.15, 0.2) is 42.0 Å². The van der Waals surface area contributed by atoms with Crippen molar-refractivity contribution in [2.24, 2.45) is 0 Å². The summed E-state index contributed by atoms with van der Waals surface area (Å²) in [6.45, 7) is 0. The number of benzene rings is 1. The van der Waals surface area contributed by atoms with Gasteiger partial charge in [0.05, 0.1) is 12.8 Å². The topological polar surface area (TPSA) is 49.9 Å².